The van der Waals surface area contributed by atoms with Gasteiger partial charge in [0.25, 0.3) is 12.3 Å². The van der Waals surface area contributed by atoms with E-state index in [-0.39, 0.29) is 16.0 Å². The minimum atomic E-state index is -2.78. The van der Waals surface area contributed by atoms with E-state index >= 15 is 0 Å². The molecule has 0 aromatic carbocycles. The summed E-state index contributed by atoms with van der Waals surface area (Å²) >= 11 is 2.93. The summed E-state index contributed by atoms with van der Waals surface area (Å²) in [6, 6.07) is 0.961. The molecular weight excluding hydrogens is 274 g/mol. The molecule has 0 bridgehead atoms. The number of amides is 1. The Morgan fingerprint density at radius 3 is 2.67 bits per heavy atom. The molecule has 0 aliphatic rings. The van der Waals surface area contributed by atoms with Gasteiger partial charge in [0.1, 0.15) is 4.60 Å². The van der Waals surface area contributed by atoms with Crippen molar-refractivity contribution < 1.29 is 18.3 Å². The highest BCUT2D eigenvalue weighted by Crippen LogP contribution is 2.30. The number of nitrogens with zero attached hydrogens (tertiary/aromatic N) is 1. The van der Waals surface area contributed by atoms with E-state index in [2.05, 4.69) is 25.7 Å². The van der Waals surface area contributed by atoms with Crippen LogP contribution in [0, 0.1) is 0 Å². The predicted octanol–water partition coefficient (Wildman–Crippen LogP) is 1.89. The molecule has 0 spiro atoms. The molecule has 1 aromatic rings. The number of alkyl halides is 2. The lowest BCUT2D eigenvalue weighted by atomic mass is 10.2. The topological polar surface area (TPSA) is 65.2 Å². The van der Waals surface area contributed by atoms with Crippen LogP contribution in [-0.4, -0.2) is 18.0 Å². The standard InChI is InChI=1S/C8H7BrF2N2O2/c1-15-8-4(6(10)11)2-3(7(12)14)5(9)13-8/h2,6H,1H3,(H2,12,14). The summed E-state index contributed by atoms with van der Waals surface area (Å²) in [6.07, 6.45) is -2.78. The third-order valence-corrected chi connectivity index (χ3v) is 2.27. The average Bonchev–Trinajstić information content (AvgIpc) is 2.16. The zero-order valence-electron chi connectivity index (χ0n) is 7.63. The lowest BCUT2D eigenvalue weighted by Crippen LogP contribution is -2.13. The fourth-order valence-corrected chi connectivity index (χ4v) is 1.45. The highest BCUT2D eigenvalue weighted by Gasteiger charge is 2.20. The number of aromatic nitrogens is 1. The quantitative estimate of drug-likeness (QED) is 0.860. The molecule has 4 nitrogen and oxygen atoms in total. The average molecular weight is 281 g/mol. The van der Waals surface area contributed by atoms with Crippen molar-refractivity contribution in [2.45, 2.75) is 6.43 Å². The maximum atomic E-state index is 12.5. The van der Waals surface area contributed by atoms with Crippen molar-refractivity contribution in [2.75, 3.05) is 7.11 Å². The van der Waals surface area contributed by atoms with Gasteiger partial charge in [-0.05, 0) is 22.0 Å². The van der Waals surface area contributed by atoms with Crippen LogP contribution in [0.4, 0.5) is 8.78 Å². The molecule has 82 valence electrons. The van der Waals surface area contributed by atoms with Crippen molar-refractivity contribution in [2.24, 2.45) is 5.73 Å². The van der Waals surface area contributed by atoms with Gasteiger partial charge in [-0.3, -0.25) is 4.79 Å². The van der Waals surface area contributed by atoms with Crippen LogP contribution in [0.5, 0.6) is 5.88 Å². The van der Waals surface area contributed by atoms with Crippen LogP contribution in [0.3, 0.4) is 0 Å². The molecule has 15 heavy (non-hydrogen) atoms. The van der Waals surface area contributed by atoms with E-state index in [9.17, 15) is 13.6 Å². The Hall–Kier alpha value is -1.24. The Morgan fingerprint density at radius 2 is 2.27 bits per heavy atom. The maximum Gasteiger partial charge on any atom is 0.269 e. The Kier molecular flexibility index (Phi) is 3.57. The van der Waals surface area contributed by atoms with E-state index in [1.807, 2.05) is 0 Å². The number of rotatable bonds is 3. The monoisotopic (exact) mass is 280 g/mol. The first-order chi connectivity index (χ1) is 6.97. The number of methoxy groups -OCH3 is 1. The number of hydrogen-bond donors (Lipinski definition) is 1. The SMILES string of the molecule is COc1nc(Br)c(C(N)=O)cc1C(F)F. The summed E-state index contributed by atoms with van der Waals surface area (Å²) in [5, 5.41) is 0. The summed E-state index contributed by atoms with van der Waals surface area (Å²) in [4.78, 5) is 14.5. The van der Waals surface area contributed by atoms with Gasteiger partial charge in [0.2, 0.25) is 5.88 Å². The molecule has 0 aliphatic heterocycles. The van der Waals surface area contributed by atoms with Crippen molar-refractivity contribution >= 4 is 21.8 Å². The highest BCUT2D eigenvalue weighted by atomic mass is 79.9. The van der Waals surface area contributed by atoms with Crippen molar-refractivity contribution in [3.05, 3.63) is 21.8 Å². The number of halogens is 3. The number of hydrogen-bond acceptors (Lipinski definition) is 3. The number of carbonyl (C=O) groups is 1. The summed E-state index contributed by atoms with van der Waals surface area (Å²) in [5.74, 6) is -1.07. The van der Waals surface area contributed by atoms with E-state index in [4.69, 9.17) is 5.73 Å². The van der Waals surface area contributed by atoms with Crippen LogP contribution < -0.4 is 10.5 Å². The summed E-state index contributed by atoms with van der Waals surface area (Å²) in [5.41, 5.74) is 4.41. The molecule has 1 aromatic heterocycles. The van der Waals surface area contributed by atoms with E-state index in [0.29, 0.717) is 0 Å². The van der Waals surface area contributed by atoms with Gasteiger partial charge in [-0.2, -0.15) is 0 Å². The molecule has 0 fully saturated rings. The molecule has 0 atom stereocenters. The maximum absolute atomic E-state index is 12.5. The number of carbonyl (C=O) groups excluding carboxylic acids is 1. The Labute approximate surface area is 92.6 Å². The fourth-order valence-electron chi connectivity index (χ4n) is 0.983. The smallest absolute Gasteiger partial charge is 0.269 e. The summed E-state index contributed by atoms with van der Waals surface area (Å²) < 4.78 is 29.7. The second-order valence-corrected chi connectivity index (χ2v) is 3.34. The van der Waals surface area contributed by atoms with Gasteiger partial charge >= 0.3 is 0 Å². The second kappa shape index (κ2) is 4.52. The molecular formula is C8H7BrF2N2O2. The van der Waals surface area contributed by atoms with Gasteiger partial charge in [-0.15, -0.1) is 0 Å². The zero-order valence-corrected chi connectivity index (χ0v) is 9.22. The summed E-state index contributed by atoms with van der Waals surface area (Å²) in [6.45, 7) is 0. The third kappa shape index (κ3) is 2.41. The van der Waals surface area contributed by atoms with Crippen molar-refractivity contribution in [1.82, 2.24) is 4.98 Å². The van der Waals surface area contributed by atoms with E-state index in [1.165, 1.54) is 7.11 Å². The molecule has 0 saturated carbocycles. The van der Waals surface area contributed by atoms with Gasteiger partial charge in [0, 0.05) is 0 Å². The molecule has 0 unspecified atom stereocenters. The Balaban J connectivity index is 3.37. The van der Waals surface area contributed by atoms with Crippen LogP contribution in [0.2, 0.25) is 0 Å². The zero-order chi connectivity index (χ0) is 11.6. The minimum absolute atomic E-state index is 0.0799. The van der Waals surface area contributed by atoms with Gasteiger partial charge in [-0.1, -0.05) is 0 Å². The van der Waals surface area contributed by atoms with Gasteiger partial charge < -0.3 is 10.5 Å². The number of nitrogens with two attached hydrogens (primary N) is 1. The summed E-state index contributed by atoms with van der Waals surface area (Å²) in [7, 11) is 1.21. The first kappa shape index (κ1) is 11.8. The molecule has 1 heterocycles. The van der Waals surface area contributed by atoms with Crippen LogP contribution in [0.1, 0.15) is 22.3 Å². The first-order valence-electron chi connectivity index (χ1n) is 3.79. The van der Waals surface area contributed by atoms with Crippen LogP contribution >= 0.6 is 15.9 Å². The predicted molar refractivity (Wildman–Crippen MR) is 52.0 cm³/mol. The molecule has 2 N–H and O–H groups in total. The van der Waals surface area contributed by atoms with Gasteiger partial charge in [-0.25, -0.2) is 13.8 Å². The molecule has 1 rings (SSSR count). The molecule has 0 radical (unpaired) electrons. The number of primary amides is 1. The Morgan fingerprint density at radius 1 is 1.67 bits per heavy atom. The number of ether oxygens (including phenoxy) is 1. The van der Waals surface area contributed by atoms with E-state index < -0.39 is 17.9 Å². The third-order valence-electron chi connectivity index (χ3n) is 1.66. The lowest BCUT2D eigenvalue weighted by Gasteiger charge is -2.09. The van der Waals surface area contributed by atoms with E-state index in [0.717, 1.165) is 6.07 Å². The molecule has 1 amide bonds. The first-order valence-corrected chi connectivity index (χ1v) is 4.59. The van der Waals surface area contributed by atoms with Crippen LogP contribution in [0.15, 0.2) is 10.7 Å². The van der Waals surface area contributed by atoms with Crippen molar-refractivity contribution in [1.29, 1.82) is 0 Å². The van der Waals surface area contributed by atoms with Gasteiger partial charge in [0.05, 0.1) is 18.2 Å². The lowest BCUT2D eigenvalue weighted by molar-refractivity contribution is 0.0998. The van der Waals surface area contributed by atoms with Crippen LogP contribution in [0.25, 0.3) is 0 Å². The van der Waals surface area contributed by atoms with Crippen LogP contribution in [-0.2, 0) is 0 Å². The molecule has 0 saturated heterocycles. The van der Waals surface area contributed by atoms with Gasteiger partial charge in [0.15, 0.2) is 0 Å². The normalized spacial score (nSPS) is 10.5. The van der Waals surface area contributed by atoms with Crippen molar-refractivity contribution in [3.63, 3.8) is 0 Å². The minimum Gasteiger partial charge on any atom is -0.481 e. The largest absolute Gasteiger partial charge is 0.481 e. The second-order valence-electron chi connectivity index (χ2n) is 2.59. The fraction of sp³-hybridized carbons (Fsp3) is 0.250. The Bertz CT molecular complexity index is 398. The molecule has 7 heteroatoms. The highest BCUT2D eigenvalue weighted by molar-refractivity contribution is 9.10. The number of pyridine rings is 1. The van der Waals surface area contributed by atoms with E-state index in [1.54, 1.807) is 0 Å². The van der Waals surface area contributed by atoms with Crippen molar-refractivity contribution in [3.8, 4) is 5.88 Å². The molecule has 0 aliphatic carbocycles.